The molecule has 162 valence electrons. The van der Waals surface area contributed by atoms with Crippen LogP contribution in [0.2, 0.25) is 0 Å². The van der Waals surface area contributed by atoms with Crippen molar-refractivity contribution in [1.29, 1.82) is 0 Å². The minimum Gasteiger partial charge on any atom is -0.507 e. The molecule has 28 heavy (non-hydrogen) atoms. The van der Waals surface area contributed by atoms with Crippen LogP contribution in [0.3, 0.4) is 0 Å². The zero-order chi connectivity index (χ0) is 20.6. The number of rotatable bonds is 4. The Morgan fingerprint density at radius 1 is 0.929 bits per heavy atom. The van der Waals surface area contributed by atoms with Gasteiger partial charge < -0.3 is 15.5 Å². The summed E-state index contributed by atoms with van der Waals surface area (Å²) in [5, 5.41) is 24.7. The zero-order valence-electron chi connectivity index (χ0n) is 19.0. The molecule has 1 aliphatic rings. The summed E-state index contributed by atoms with van der Waals surface area (Å²) in [6.45, 7) is 21.1. The van der Waals surface area contributed by atoms with Crippen molar-refractivity contribution in [3.63, 3.8) is 0 Å². The minimum atomic E-state index is -0.279. The zero-order valence-corrected chi connectivity index (χ0v) is 19.8. The molecule has 1 aromatic carbocycles. The highest BCUT2D eigenvalue weighted by molar-refractivity contribution is 5.85. The minimum absolute atomic E-state index is 0. The largest absolute Gasteiger partial charge is 0.507 e. The summed E-state index contributed by atoms with van der Waals surface area (Å²) in [4.78, 5) is 2.48. The number of aliphatic hydroxyl groups excluding tert-OH is 1. The van der Waals surface area contributed by atoms with Gasteiger partial charge in [-0.05, 0) is 39.7 Å². The second-order valence-corrected chi connectivity index (χ2v) is 10.8. The van der Waals surface area contributed by atoms with Crippen molar-refractivity contribution in [2.45, 2.75) is 72.3 Å². The van der Waals surface area contributed by atoms with Gasteiger partial charge in [-0.2, -0.15) is 0 Å². The molecule has 1 fully saturated rings. The Hall–Kier alpha value is -0.810. The molecule has 1 atom stereocenters. The van der Waals surface area contributed by atoms with Gasteiger partial charge in [0.2, 0.25) is 0 Å². The molecule has 1 saturated heterocycles. The molecular weight excluding hydrogens is 372 g/mol. The van der Waals surface area contributed by atoms with E-state index in [2.05, 4.69) is 77.7 Å². The van der Waals surface area contributed by atoms with E-state index in [0.717, 1.165) is 37.3 Å². The van der Waals surface area contributed by atoms with Gasteiger partial charge in [0.1, 0.15) is 5.75 Å². The van der Waals surface area contributed by atoms with Gasteiger partial charge in [0.05, 0.1) is 0 Å². The normalized spacial score (nSPS) is 17.9. The second-order valence-electron chi connectivity index (χ2n) is 10.8. The molecule has 0 spiro atoms. The van der Waals surface area contributed by atoms with Crippen molar-refractivity contribution in [2.24, 2.45) is 5.41 Å². The molecule has 0 saturated carbocycles. The standard InChI is InChI=1S/C23H40N2O2.ClH/c1-21(2,3)17-13-16(14-18(19(17)27)22(4,5)6)20(23(7,8)15-26)25-11-9-24-10-12-25;/h13-14,20,24,26-27H,9-12,15H2,1-8H3;1H/t20-;/m0./s1. The van der Waals surface area contributed by atoms with Crippen LogP contribution in [0.25, 0.3) is 0 Å². The van der Waals surface area contributed by atoms with Crippen molar-refractivity contribution in [1.82, 2.24) is 10.2 Å². The molecule has 0 unspecified atom stereocenters. The van der Waals surface area contributed by atoms with Gasteiger partial charge in [0.15, 0.2) is 0 Å². The number of hydrogen-bond donors (Lipinski definition) is 3. The van der Waals surface area contributed by atoms with Crippen molar-refractivity contribution in [3.05, 3.63) is 28.8 Å². The van der Waals surface area contributed by atoms with E-state index < -0.39 is 0 Å². The number of benzene rings is 1. The van der Waals surface area contributed by atoms with Crippen LogP contribution >= 0.6 is 12.4 Å². The van der Waals surface area contributed by atoms with Gasteiger partial charge >= 0.3 is 0 Å². The Bertz CT molecular complexity index is 619. The molecule has 1 aromatic rings. The first kappa shape index (κ1) is 25.2. The van der Waals surface area contributed by atoms with E-state index in [9.17, 15) is 10.2 Å². The monoisotopic (exact) mass is 412 g/mol. The average Bonchev–Trinajstić information content (AvgIpc) is 2.55. The van der Waals surface area contributed by atoms with Gasteiger partial charge in [0, 0.05) is 44.2 Å². The SMILES string of the molecule is CC(C)(C)c1cc([C@H](N2CCNCC2)C(C)(C)CO)cc(C(C)(C)C)c1O.Cl. The van der Waals surface area contributed by atoms with Gasteiger partial charge in [-0.15, -0.1) is 12.4 Å². The molecule has 0 bridgehead atoms. The topological polar surface area (TPSA) is 55.7 Å². The lowest BCUT2D eigenvalue weighted by atomic mass is 9.74. The fourth-order valence-corrected chi connectivity index (χ4v) is 4.14. The van der Waals surface area contributed by atoms with Crippen LogP contribution in [0, 0.1) is 5.41 Å². The fraction of sp³-hybridized carbons (Fsp3) is 0.739. The quantitative estimate of drug-likeness (QED) is 0.687. The van der Waals surface area contributed by atoms with E-state index in [1.165, 1.54) is 5.56 Å². The summed E-state index contributed by atoms with van der Waals surface area (Å²) in [5.74, 6) is 0.416. The van der Waals surface area contributed by atoms with Crippen molar-refractivity contribution in [3.8, 4) is 5.75 Å². The third-order valence-electron chi connectivity index (χ3n) is 5.73. The van der Waals surface area contributed by atoms with Gasteiger partial charge in [0.25, 0.3) is 0 Å². The number of hydrogen-bond acceptors (Lipinski definition) is 4. The maximum absolute atomic E-state index is 11.1. The average molecular weight is 413 g/mol. The lowest BCUT2D eigenvalue weighted by Crippen LogP contribution is -2.49. The maximum Gasteiger partial charge on any atom is 0.123 e. The molecule has 4 nitrogen and oxygen atoms in total. The number of nitrogens with one attached hydrogen (secondary N) is 1. The van der Waals surface area contributed by atoms with Crippen molar-refractivity contribution in [2.75, 3.05) is 32.8 Å². The van der Waals surface area contributed by atoms with E-state index >= 15 is 0 Å². The predicted molar refractivity (Wildman–Crippen MR) is 121 cm³/mol. The van der Waals surface area contributed by atoms with E-state index in [1.807, 2.05) is 0 Å². The Morgan fingerprint density at radius 2 is 1.36 bits per heavy atom. The summed E-state index contributed by atoms with van der Waals surface area (Å²) in [7, 11) is 0. The molecule has 1 heterocycles. The number of halogens is 1. The lowest BCUT2D eigenvalue weighted by molar-refractivity contribution is 0.0303. The molecule has 3 N–H and O–H groups in total. The van der Waals surface area contributed by atoms with Crippen molar-refractivity contribution < 1.29 is 10.2 Å². The molecule has 2 rings (SSSR count). The van der Waals surface area contributed by atoms with Crippen LogP contribution in [0.1, 0.15) is 78.1 Å². The first-order valence-electron chi connectivity index (χ1n) is 10.2. The van der Waals surface area contributed by atoms with Gasteiger partial charge in [-0.25, -0.2) is 0 Å². The molecular formula is C23H41ClN2O2. The van der Waals surface area contributed by atoms with Crippen LogP contribution in [0.15, 0.2) is 12.1 Å². The van der Waals surface area contributed by atoms with Crippen LogP contribution in [0.5, 0.6) is 5.75 Å². The van der Waals surface area contributed by atoms with Crippen LogP contribution < -0.4 is 5.32 Å². The Kier molecular flexibility index (Phi) is 8.03. The fourth-order valence-electron chi connectivity index (χ4n) is 4.14. The number of nitrogens with zero attached hydrogens (tertiary/aromatic N) is 1. The third-order valence-corrected chi connectivity index (χ3v) is 5.73. The summed E-state index contributed by atoms with van der Waals surface area (Å²) in [5.41, 5.74) is 2.58. The lowest BCUT2D eigenvalue weighted by Gasteiger charge is -2.44. The molecule has 0 amide bonds. The number of piperazine rings is 1. The number of aromatic hydroxyl groups is 1. The number of aliphatic hydroxyl groups is 1. The Morgan fingerprint density at radius 3 is 1.71 bits per heavy atom. The van der Waals surface area contributed by atoms with E-state index in [4.69, 9.17) is 0 Å². The second kappa shape index (κ2) is 8.91. The van der Waals surface area contributed by atoms with E-state index in [0.29, 0.717) is 5.75 Å². The molecule has 0 radical (unpaired) electrons. The smallest absolute Gasteiger partial charge is 0.123 e. The van der Waals surface area contributed by atoms with E-state index in [-0.39, 0.29) is 41.3 Å². The molecule has 0 aliphatic carbocycles. The predicted octanol–water partition coefficient (Wildman–Crippen LogP) is 4.37. The first-order chi connectivity index (χ1) is 12.3. The molecule has 1 aliphatic heterocycles. The summed E-state index contributed by atoms with van der Waals surface area (Å²) in [6, 6.07) is 4.45. The highest BCUT2D eigenvalue weighted by Gasteiger charge is 2.38. The highest BCUT2D eigenvalue weighted by Crippen LogP contribution is 2.45. The summed E-state index contributed by atoms with van der Waals surface area (Å²) in [6.07, 6.45) is 0. The Labute approximate surface area is 178 Å². The third kappa shape index (κ3) is 5.41. The van der Waals surface area contributed by atoms with Crippen LogP contribution in [-0.2, 0) is 10.8 Å². The number of phenols is 1. The maximum atomic E-state index is 11.1. The molecule has 5 heteroatoms. The van der Waals surface area contributed by atoms with Crippen LogP contribution in [-0.4, -0.2) is 47.9 Å². The summed E-state index contributed by atoms with van der Waals surface area (Å²) >= 11 is 0. The van der Waals surface area contributed by atoms with Gasteiger partial charge in [-0.3, -0.25) is 4.90 Å². The Balaban J connectivity index is 0.00000392. The number of phenolic OH excluding ortho intramolecular Hbond substituents is 1. The first-order valence-corrected chi connectivity index (χ1v) is 10.2. The molecule has 0 aromatic heterocycles. The van der Waals surface area contributed by atoms with E-state index in [1.54, 1.807) is 0 Å². The highest BCUT2D eigenvalue weighted by atomic mass is 35.5. The summed E-state index contributed by atoms with van der Waals surface area (Å²) < 4.78 is 0. The van der Waals surface area contributed by atoms with Crippen molar-refractivity contribution >= 4 is 12.4 Å². The van der Waals surface area contributed by atoms with Gasteiger partial charge in [-0.1, -0.05) is 55.4 Å². The van der Waals surface area contributed by atoms with Crippen LogP contribution in [0.4, 0.5) is 0 Å².